The van der Waals surface area contributed by atoms with Crippen LogP contribution in [-0.2, 0) is 19.1 Å². The van der Waals surface area contributed by atoms with Gasteiger partial charge in [-0.05, 0) is 37.3 Å². The molecule has 0 atom stereocenters. The number of halogens is 1. The van der Waals surface area contributed by atoms with E-state index in [1.165, 1.54) is 18.3 Å². The second kappa shape index (κ2) is 11.1. The number of aliphatic carboxylic acids is 1. The fourth-order valence-corrected chi connectivity index (χ4v) is 3.56. The summed E-state index contributed by atoms with van der Waals surface area (Å²) in [6.07, 6.45) is 2.36. The molecule has 1 aromatic carbocycles. The molecule has 12 nitrogen and oxygen atoms in total. The number of aromatic nitrogens is 4. The quantitative estimate of drug-likeness (QED) is 0.364. The van der Waals surface area contributed by atoms with Crippen molar-refractivity contribution in [1.82, 2.24) is 24.8 Å². The van der Waals surface area contributed by atoms with Crippen molar-refractivity contribution in [3.8, 4) is 23.1 Å². The van der Waals surface area contributed by atoms with Crippen LogP contribution in [0, 0.1) is 22.6 Å². The number of rotatable bonds is 9. The first-order chi connectivity index (χ1) is 17.8. The molecule has 192 valence electrons. The summed E-state index contributed by atoms with van der Waals surface area (Å²) < 4.78 is 26.9. The number of carbonyl (C=O) groups excluding carboxylic acids is 1. The Bertz CT molecular complexity index is 1310. The molecule has 0 unspecified atom stereocenters. The first-order valence-corrected chi connectivity index (χ1v) is 11.3. The maximum atomic E-state index is 13.5. The number of hydrogen-bond acceptors (Lipinski definition) is 9. The first kappa shape index (κ1) is 25.7. The Kier molecular flexibility index (Phi) is 7.71. The van der Waals surface area contributed by atoms with Gasteiger partial charge < -0.3 is 25.2 Å². The first-order valence-electron chi connectivity index (χ1n) is 11.3. The van der Waals surface area contributed by atoms with E-state index in [0.717, 1.165) is 0 Å². The minimum absolute atomic E-state index is 0.0317. The number of anilines is 1. The summed E-state index contributed by atoms with van der Waals surface area (Å²) in [6.45, 7) is 1.62. The predicted molar refractivity (Wildman–Crippen MR) is 127 cm³/mol. The average molecular weight is 509 g/mol. The highest BCUT2D eigenvalue weighted by Gasteiger charge is 2.41. The smallest absolute Gasteiger partial charge is 0.322 e. The van der Waals surface area contributed by atoms with E-state index in [0.29, 0.717) is 22.9 Å². The summed E-state index contributed by atoms with van der Waals surface area (Å²) in [7, 11) is 0. The van der Waals surface area contributed by atoms with Crippen LogP contribution in [0.25, 0.3) is 17.1 Å². The lowest BCUT2D eigenvalue weighted by Gasteiger charge is -2.35. The van der Waals surface area contributed by atoms with E-state index < -0.39 is 17.7 Å². The van der Waals surface area contributed by atoms with Gasteiger partial charge in [0.25, 0.3) is 0 Å². The van der Waals surface area contributed by atoms with Crippen molar-refractivity contribution >= 4 is 17.8 Å². The molecule has 3 N–H and O–H groups in total. The minimum Gasteiger partial charge on any atom is -0.480 e. The molecule has 0 spiro atoms. The second-order valence-corrected chi connectivity index (χ2v) is 8.53. The predicted octanol–water partition coefficient (Wildman–Crippen LogP) is 2.05. The summed E-state index contributed by atoms with van der Waals surface area (Å²) >= 11 is 0. The molecule has 0 radical (unpaired) electrons. The molecule has 1 amide bonds. The van der Waals surface area contributed by atoms with Gasteiger partial charge in [0.15, 0.2) is 5.82 Å². The number of carboxylic acid groups (broad SMARTS) is 1. The molecule has 2 aromatic heterocycles. The zero-order chi connectivity index (χ0) is 26.4. The minimum atomic E-state index is -1.07. The lowest BCUT2D eigenvalue weighted by atomic mass is 9.91. The molecule has 1 aliphatic heterocycles. The van der Waals surface area contributed by atoms with E-state index >= 15 is 0 Å². The fraction of sp³-hybridized carbons (Fsp3) is 0.333. The topological polar surface area (TPSA) is 164 Å². The molecule has 0 bridgehead atoms. The van der Waals surface area contributed by atoms with Crippen molar-refractivity contribution in [2.75, 3.05) is 31.6 Å². The maximum absolute atomic E-state index is 13.5. The molecule has 3 heterocycles. The third-order valence-electron chi connectivity index (χ3n) is 5.55. The van der Waals surface area contributed by atoms with Crippen LogP contribution in [0.4, 0.5) is 10.3 Å². The normalized spacial score (nSPS) is 19.1. The number of nitrogens with one attached hydrogen (secondary N) is 2. The van der Waals surface area contributed by atoms with Crippen molar-refractivity contribution in [1.29, 1.82) is 5.26 Å². The highest BCUT2D eigenvalue weighted by atomic mass is 19.1. The van der Waals surface area contributed by atoms with E-state index in [2.05, 4.69) is 25.6 Å². The fourth-order valence-electron chi connectivity index (χ4n) is 3.56. The number of amides is 1. The van der Waals surface area contributed by atoms with E-state index in [1.54, 1.807) is 35.9 Å². The molecule has 1 aliphatic rings. The number of ether oxygens (including phenoxy) is 2. The summed E-state index contributed by atoms with van der Waals surface area (Å²) in [4.78, 5) is 36.5. The summed E-state index contributed by atoms with van der Waals surface area (Å²) in [5, 5.41) is 22.9. The largest absolute Gasteiger partial charge is 0.480 e. The Hall–Kier alpha value is -4.41. The van der Waals surface area contributed by atoms with E-state index in [9.17, 15) is 14.0 Å². The monoisotopic (exact) mass is 509 g/mol. The molecular weight excluding hydrogens is 485 g/mol. The van der Waals surface area contributed by atoms with Crippen LogP contribution in [0.3, 0.4) is 0 Å². The lowest BCUT2D eigenvalue weighted by Crippen LogP contribution is -2.48. The van der Waals surface area contributed by atoms with Crippen LogP contribution >= 0.6 is 0 Å². The van der Waals surface area contributed by atoms with Gasteiger partial charge in [-0.3, -0.25) is 14.2 Å². The summed E-state index contributed by atoms with van der Waals surface area (Å²) in [6, 6.07) is 9.36. The zero-order valence-corrected chi connectivity index (χ0v) is 19.8. The Labute approximate surface area is 211 Å². The van der Waals surface area contributed by atoms with Gasteiger partial charge in [0.2, 0.25) is 18.1 Å². The third-order valence-corrected chi connectivity index (χ3v) is 5.55. The van der Waals surface area contributed by atoms with Gasteiger partial charge in [0.05, 0.1) is 36.8 Å². The van der Waals surface area contributed by atoms with Gasteiger partial charge in [-0.1, -0.05) is 0 Å². The van der Waals surface area contributed by atoms with Crippen LogP contribution in [0.2, 0.25) is 0 Å². The van der Waals surface area contributed by atoms with Gasteiger partial charge in [0.1, 0.15) is 18.2 Å². The maximum Gasteiger partial charge on any atom is 0.322 e. The molecule has 0 aliphatic carbocycles. The number of nitriles is 1. The van der Waals surface area contributed by atoms with Crippen LogP contribution in [0.5, 0.6) is 0 Å². The number of carboxylic acids is 1. The van der Waals surface area contributed by atoms with Gasteiger partial charge in [-0.15, -0.1) is 0 Å². The summed E-state index contributed by atoms with van der Waals surface area (Å²) in [5.74, 6) is -0.988. The van der Waals surface area contributed by atoms with E-state index in [4.69, 9.17) is 19.8 Å². The van der Waals surface area contributed by atoms with Gasteiger partial charge >= 0.3 is 5.97 Å². The van der Waals surface area contributed by atoms with Crippen LogP contribution in [0.1, 0.15) is 25.5 Å². The van der Waals surface area contributed by atoms with Crippen molar-refractivity contribution < 1.29 is 28.6 Å². The molecular formula is C24H24FN7O5. The van der Waals surface area contributed by atoms with Gasteiger partial charge in [-0.25, -0.2) is 14.4 Å². The van der Waals surface area contributed by atoms with Crippen molar-refractivity contribution in [2.45, 2.75) is 19.6 Å². The van der Waals surface area contributed by atoms with Gasteiger partial charge in [-0.2, -0.15) is 10.2 Å². The molecule has 0 saturated carbocycles. The number of hydrogen-bond donors (Lipinski definition) is 3. The Morgan fingerprint density at radius 3 is 2.65 bits per heavy atom. The average Bonchev–Trinajstić information content (AvgIpc) is 3.34. The second-order valence-electron chi connectivity index (χ2n) is 8.53. The van der Waals surface area contributed by atoms with Crippen molar-refractivity contribution in [2.24, 2.45) is 5.41 Å². The molecule has 1 saturated heterocycles. The Balaban J connectivity index is 1.62. The van der Waals surface area contributed by atoms with Crippen LogP contribution in [-0.4, -0.2) is 62.8 Å². The van der Waals surface area contributed by atoms with Crippen molar-refractivity contribution in [3.63, 3.8) is 0 Å². The van der Waals surface area contributed by atoms with Crippen LogP contribution < -0.4 is 10.6 Å². The number of carbonyl (C=O) groups is 2. The van der Waals surface area contributed by atoms with E-state index in [1.807, 2.05) is 6.07 Å². The molecule has 13 heteroatoms. The molecule has 1 fully saturated rings. The summed E-state index contributed by atoms with van der Waals surface area (Å²) in [5.41, 5.74) is 0.159. The van der Waals surface area contributed by atoms with Gasteiger partial charge in [0, 0.05) is 24.5 Å². The molecule has 3 aromatic rings. The zero-order valence-electron chi connectivity index (χ0n) is 19.8. The number of nitrogens with zero attached hydrogens (tertiary/aromatic N) is 5. The molecule has 37 heavy (non-hydrogen) atoms. The highest BCUT2D eigenvalue weighted by Crippen LogP contribution is 2.34. The van der Waals surface area contributed by atoms with E-state index in [-0.39, 0.29) is 50.4 Å². The number of benzene rings is 1. The van der Waals surface area contributed by atoms with Crippen molar-refractivity contribution in [3.05, 3.63) is 54.4 Å². The molecule has 4 rings (SSSR count). The SMILES string of the molecule is CC1(C(=O)NCCC#N)COC(c2nc(-c3ccc(F)cc3)cn2-c2ccnc(NCC(=O)O)n2)OC1. The standard InChI is InChI=1S/C24H24FN7O5/c1-24(22(35)27-9-2-8-26)13-36-21(37-14-24)20-30-17(15-3-5-16(25)6-4-15)12-32(20)18-7-10-28-23(31-18)29-11-19(33)34/h3-7,10,12,21H,2,9,11,13-14H2,1H3,(H,27,35)(H,33,34)(H,28,29,31). The number of imidazole rings is 1. The lowest BCUT2D eigenvalue weighted by molar-refractivity contribution is -0.231. The highest BCUT2D eigenvalue weighted by molar-refractivity contribution is 5.82. The third kappa shape index (κ3) is 6.05. The Morgan fingerprint density at radius 1 is 1.24 bits per heavy atom. The van der Waals surface area contributed by atoms with Crippen LogP contribution in [0.15, 0.2) is 42.7 Å². The Morgan fingerprint density at radius 2 is 1.97 bits per heavy atom.